The number of nitrogens with zero attached hydrogens (tertiary/aromatic N) is 4. The SMILES string of the molecule is CN(N=C(C#N)C#N)c1ccc(Br)cc1. The van der Waals surface area contributed by atoms with E-state index in [9.17, 15) is 0 Å². The van der Waals surface area contributed by atoms with Crippen LogP contribution in [0.25, 0.3) is 0 Å². The van der Waals surface area contributed by atoms with Gasteiger partial charge >= 0.3 is 0 Å². The van der Waals surface area contributed by atoms with E-state index in [1.807, 2.05) is 24.3 Å². The van der Waals surface area contributed by atoms with Crippen LogP contribution in [0.4, 0.5) is 5.69 Å². The standard InChI is InChI=1S/C10H7BrN4/c1-15(14-9(6-12)7-13)10-4-2-8(11)3-5-10/h2-5H,1H3. The molecule has 1 rings (SSSR count). The van der Waals surface area contributed by atoms with Crippen LogP contribution in [0.15, 0.2) is 33.8 Å². The zero-order valence-electron chi connectivity index (χ0n) is 7.98. The molecule has 0 amide bonds. The van der Waals surface area contributed by atoms with Crippen molar-refractivity contribution < 1.29 is 0 Å². The van der Waals surface area contributed by atoms with E-state index in [0.717, 1.165) is 10.2 Å². The highest BCUT2D eigenvalue weighted by Crippen LogP contribution is 2.17. The summed E-state index contributed by atoms with van der Waals surface area (Å²) in [6, 6.07) is 10.8. The van der Waals surface area contributed by atoms with Crippen molar-refractivity contribution in [3.8, 4) is 12.1 Å². The lowest BCUT2D eigenvalue weighted by atomic mass is 10.3. The Balaban J connectivity index is 2.92. The summed E-state index contributed by atoms with van der Waals surface area (Å²) >= 11 is 3.31. The van der Waals surface area contributed by atoms with Gasteiger partial charge in [-0.15, -0.1) is 0 Å². The molecular formula is C10H7BrN4. The van der Waals surface area contributed by atoms with Gasteiger partial charge in [-0.25, -0.2) is 0 Å². The topological polar surface area (TPSA) is 63.2 Å². The molecule has 0 atom stereocenters. The van der Waals surface area contributed by atoms with Gasteiger partial charge in [0.15, 0.2) is 0 Å². The molecular weight excluding hydrogens is 256 g/mol. The highest BCUT2D eigenvalue weighted by Gasteiger charge is 2.00. The van der Waals surface area contributed by atoms with Gasteiger partial charge in [-0.05, 0) is 24.3 Å². The second-order valence-electron chi connectivity index (χ2n) is 2.67. The van der Waals surface area contributed by atoms with Gasteiger partial charge in [0, 0.05) is 11.5 Å². The van der Waals surface area contributed by atoms with Gasteiger partial charge in [0.1, 0.15) is 12.1 Å². The molecule has 0 saturated heterocycles. The van der Waals surface area contributed by atoms with Crippen molar-refractivity contribution >= 4 is 27.3 Å². The van der Waals surface area contributed by atoms with Crippen molar-refractivity contribution in [2.75, 3.05) is 12.1 Å². The van der Waals surface area contributed by atoms with E-state index in [0.29, 0.717) is 0 Å². The molecule has 0 unspecified atom stereocenters. The van der Waals surface area contributed by atoms with Gasteiger partial charge < -0.3 is 0 Å². The molecule has 0 bridgehead atoms. The average Bonchev–Trinajstić information content (AvgIpc) is 2.26. The number of rotatable bonds is 2. The molecule has 0 fully saturated rings. The number of benzene rings is 1. The largest absolute Gasteiger partial charge is 0.267 e. The molecule has 0 aliphatic carbocycles. The zero-order chi connectivity index (χ0) is 11.3. The Morgan fingerprint density at radius 3 is 2.27 bits per heavy atom. The van der Waals surface area contributed by atoms with E-state index >= 15 is 0 Å². The third-order valence-electron chi connectivity index (χ3n) is 1.66. The Bertz CT molecular complexity index is 434. The molecule has 0 aliphatic heterocycles. The van der Waals surface area contributed by atoms with Gasteiger partial charge in [0.2, 0.25) is 5.71 Å². The third kappa shape index (κ3) is 3.08. The first-order valence-electron chi connectivity index (χ1n) is 4.05. The van der Waals surface area contributed by atoms with E-state index in [-0.39, 0.29) is 5.71 Å². The predicted molar refractivity (Wildman–Crippen MR) is 61.2 cm³/mol. The summed E-state index contributed by atoms with van der Waals surface area (Å²) in [6.07, 6.45) is 0. The average molecular weight is 263 g/mol. The lowest BCUT2D eigenvalue weighted by Gasteiger charge is -2.11. The minimum atomic E-state index is -0.166. The molecule has 1 aromatic rings. The van der Waals surface area contributed by atoms with Gasteiger partial charge in [-0.2, -0.15) is 15.6 Å². The smallest absolute Gasteiger partial charge is 0.237 e. The van der Waals surface area contributed by atoms with Crippen LogP contribution in [0.2, 0.25) is 0 Å². The van der Waals surface area contributed by atoms with Gasteiger partial charge in [0.25, 0.3) is 0 Å². The second-order valence-corrected chi connectivity index (χ2v) is 3.59. The van der Waals surface area contributed by atoms with Crippen LogP contribution in [0.3, 0.4) is 0 Å². The first-order chi connectivity index (χ1) is 7.17. The first kappa shape index (κ1) is 11.2. The highest BCUT2D eigenvalue weighted by molar-refractivity contribution is 9.10. The van der Waals surface area contributed by atoms with E-state index in [2.05, 4.69) is 21.0 Å². The normalized spacial score (nSPS) is 8.53. The van der Waals surface area contributed by atoms with Crippen LogP contribution in [0.1, 0.15) is 0 Å². The maximum atomic E-state index is 8.53. The second kappa shape index (κ2) is 5.14. The van der Waals surface area contributed by atoms with Crippen LogP contribution in [-0.2, 0) is 0 Å². The van der Waals surface area contributed by atoms with Crippen molar-refractivity contribution in [1.82, 2.24) is 0 Å². The number of anilines is 1. The fourth-order valence-corrected chi connectivity index (χ4v) is 1.20. The summed E-state index contributed by atoms with van der Waals surface area (Å²) in [5, 5.41) is 22.4. The van der Waals surface area contributed by atoms with Crippen LogP contribution < -0.4 is 5.01 Å². The molecule has 4 nitrogen and oxygen atoms in total. The number of nitriles is 2. The Labute approximate surface area is 96.2 Å². The first-order valence-corrected chi connectivity index (χ1v) is 4.84. The van der Waals surface area contributed by atoms with Gasteiger partial charge in [-0.3, -0.25) is 5.01 Å². The van der Waals surface area contributed by atoms with Crippen molar-refractivity contribution in [1.29, 1.82) is 10.5 Å². The zero-order valence-corrected chi connectivity index (χ0v) is 9.56. The Kier molecular flexibility index (Phi) is 3.84. The highest BCUT2D eigenvalue weighted by atomic mass is 79.9. The monoisotopic (exact) mass is 262 g/mol. The van der Waals surface area contributed by atoms with E-state index in [1.54, 1.807) is 19.2 Å². The van der Waals surface area contributed by atoms with Crippen molar-refractivity contribution in [3.05, 3.63) is 28.7 Å². The number of hydrazone groups is 1. The number of halogens is 1. The van der Waals surface area contributed by atoms with E-state index < -0.39 is 0 Å². The Morgan fingerprint density at radius 2 is 1.80 bits per heavy atom. The minimum absolute atomic E-state index is 0.166. The molecule has 0 aromatic heterocycles. The Morgan fingerprint density at radius 1 is 1.27 bits per heavy atom. The van der Waals surface area contributed by atoms with Crippen LogP contribution in [0, 0.1) is 22.7 Å². The molecule has 0 saturated carbocycles. The minimum Gasteiger partial charge on any atom is -0.267 e. The van der Waals surface area contributed by atoms with Crippen molar-refractivity contribution in [2.45, 2.75) is 0 Å². The molecule has 0 heterocycles. The summed E-state index contributed by atoms with van der Waals surface area (Å²) in [4.78, 5) is 0. The fourth-order valence-electron chi connectivity index (χ4n) is 0.934. The molecule has 0 N–H and O–H groups in total. The summed E-state index contributed by atoms with van der Waals surface area (Å²) in [5.74, 6) is 0. The summed E-state index contributed by atoms with van der Waals surface area (Å²) in [6.45, 7) is 0. The van der Waals surface area contributed by atoms with Crippen molar-refractivity contribution in [3.63, 3.8) is 0 Å². The van der Waals surface area contributed by atoms with Crippen LogP contribution >= 0.6 is 15.9 Å². The summed E-state index contributed by atoms with van der Waals surface area (Å²) in [7, 11) is 1.68. The Hall–Kier alpha value is -1.85. The maximum absolute atomic E-state index is 8.53. The fraction of sp³-hybridized carbons (Fsp3) is 0.100. The maximum Gasteiger partial charge on any atom is 0.237 e. The number of hydrogen-bond donors (Lipinski definition) is 0. The quantitative estimate of drug-likeness (QED) is 0.607. The van der Waals surface area contributed by atoms with Gasteiger partial charge in [0.05, 0.1) is 5.69 Å². The summed E-state index contributed by atoms with van der Waals surface area (Å²) in [5.41, 5.74) is 0.640. The molecule has 0 spiro atoms. The summed E-state index contributed by atoms with van der Waals surface area (Å²) < 4.78 is 0.962. The number of hydrogen-bond acceptors (Lipinski definition) is 4. The molecule has 0 radical (unpaired) electrons. The van der Waals surface area contributed by atoms with E-state index in [4.69, 9.17) is 10.5 Å². The molecule has 15 heavy (non-hydrogen) atoms. The van der Waals surface area contributed by atoms with Gasteiger partial charge in [-0.1, -0.05) is 15.9 Å². The van der Waals surface area contributed by atoms with Crippen molar-refractivity contribution in [2.24, 2.45) is 5.10 Å². The van der Waals surface area contributed by atoms with E-state index in [1.165, 1.54) is 5.01 Å². The molecule has 1 aromatic carbocycles. The van der Waals surface area contributed by atoms with Crippen LogP contribution in [-0.4, -0.2) is 12.8 Å². The molecule has 0 aliphatic rings. The molecule has 5 heteroatoms. The third-order valence-corrected chi connectivity index (χ3v) is 2.19. The van der Waals surface area contributed by atoms with Crippen LogP contribution in [0.5, 0.6) is 0 Å². The predicted octanol–water partition coefficient (Wildman–Crippen LogP) is 2.29. The lowest BCUT2D eigenvalue weighted by Crippen LogP contribution is -2.11. The molecule has 74 valence electrons. The lowest BCUT2D eigenvalue weighted by molar-refractivity contribution is 1.02.